The molecular formula is C13H10N2O3S2. The Hall–Kier alpha value is -1.99. The molecule has 1 aliphatic heterocycles. The van der Waals surface area contributed by atoms with Crippen molar-refractivity contribution in [1.82, 2.24) is 4.90 Å². The van der Waals surface area contributed by atoms with Crippen LogP contribution >= 0.6 is 24.0 Å². The zero-order valence-electron chi connectivity index (χ0n) is 10.5. The van der Waals surface area contributed by atoms with E-state index >= 15 is 0 Å². The van der Waals surface area contributed by atoms with E-state index in [9.17, 15) is 14.9 Å². The van der Waals surface area contributed by atoms with E-state index in [0.29, 0.717) is 14.8 Å². The van der Waals surface area contributed by atoms with E-state index in [-0.39, 0.29) is 11.6 Å². The van der Waals surface area contributed by atoms with Crippen molar-refractivity contribution in [3.05, 3.63) is 57.0 Å². The average molecular weight is 306 g/mol. The van der Waals surface area contributed by atoms with Crippen molar-refractivity contribution in [2.24, 2.45) is 0 Å². The van der Waals surface area contributed by atoms with Crippen LogP contribution in [0.3, 0.4) is 0 Å². The number of thioether (sulfide) groups is 1. The zero-order chi connectivity index (χ0) is 14.7. The number of amides is 1. The SMILES string of the molecule is CN1C(=O)C(=CC=Cc2cccc([N+](=O)[O-])c2)SC1=S. The van der Waals surface area contributed by atoms with E-state index in [1.165, 1.54) is 28.8 Å². The molecule has 20 heavy (non-hydrogen) atoms. The molecule has 1 aromatic rings. The summed E-state index contributed by atoms with van der Waals surface area (Å²) in [6, 6.07) is 6.26. The number of carbonyl (C=O) groups excluding carboxylic acids is 1. The summed E-state index contributed by atoms with van der Waals surface area (Å²) in [4.78, 5) is 23.9. The van der Waals surface area contributed by atoms with Crippen molar-refractivity contribution < 1.29 is 9.72 Å². The Labute approximate surface area is 125 Å². The van der Waals surface area contributed by atoms with Gasteiger partial charge in [-0.1, -0.05) is 48.3 Å². The third-order valence-electron chi connectivity index (χ3n) is 2.60. The molecule has 0 saturated carbocycles. The quantitative estimate of drug-likeness (QED) is 0.372. The fraction of sp³-hybridized carbons (Fsp3) is 0.0769. The van der Waals surface area contributed by atoms with Gasteiger partial charge in [0.05, 0.1) is 9.83 Å². The topological polar surface area (TPSA) is 63.5 Å². The van der Waals surface area contributed by atoms with E-state index < -0.39 is 4.92 Å². The molecule has 0 N–H and O–H groups in total. The maximum absolute atomic E-state index is 11.7. The number of non-ortho nitro benzene ring substituents is 1. The summed E-state index contributed by atoms with van der Waals surface area (Å²) in [5.74, 6) is -0.135. The fourth-order valence-electron chi connectivity index (χ4n) is 1.55. The molecule has 0 radical (unpaired) electrons. The van der Waals surface area contributed by atoms with Crippen molar-refractivity contribution in [1.29, 1.82) is 0 Å². The minimum atomic E-state index is -0.445. The summed E-state index contributed by atoms with van der Waals surface area (Å²) in [6.07, 6.45) is 5.04. The number of nitro benzene ring substituents is 1. The maximum Gasteiger partial charge on any atom is 0.270 e. The summed E-state index contributed by atoms with van der Waals surface area (Å²) < 4.78 is 0.519. The van der Waals surface area contributed by atoms with Crippen LogP contribution in [0.2, 0.25) is 0 Å². The highest BCUT2D eigenvalue weighted by Crippen LogP contribution is 2.29. The molecule has 1 heterocycles. The van der Waals surface area contributed by atoms with Gasteiger partial charge in [-0.2, -0.15) is 0 Å². The molecule has 7 heteroatoms. The molecular weight excluding hydrogens is 296 g/mol. The normalized spacial score (nSPS) is 17.4. The third kappa shape index (κ3) is 3.12. The number of benzene rings is 1. The Morgan fingerprint density at radius 2 is 2.20 bits per heavy atom. The molecule has 2 rings (SSSR count). The van der Waals surface area contributed by atoms with Gasteiger partial charge in [-0.15, -0.1) is 0 Å². The Balaban J connectivity index is 2.15. The lowest BCUT2D eigenvalue weighted by atomic mass is 10.2. The second-order valence-electron chi connectivity index (χ2n) is 3.97. The number of hydrogen-bond acceptors (Lipinski definition) is 5. The van der Waals surface area contributed by atoms with Crippen LogP contribution in [0.25, 0.3) is 6.08 Å². The molecule has 0 unspecified atom stereocenters. The van der Waals surface area contributed by atoms with E-state index in [1.54, 1.807) is 37.4 Å². The van der Waals surface area contributed by atoms with Crippen LogP contribution in [-0.4, -0.2) is 27.1 Å². The van der Waals surface area contributed by atoms with Crippen molar-refractivity contribution in [2.75, 3.05) is 7.05 Å². The number of rotatable bonds is 3. The predicted octanol–water partition coefficient (Wildman–Crippen LogP) is 2.98. The Bertz CT molecular complexity index is 653. The van der Waals surface area contributed by atoms with Gasteiger partial charge in [-0.25, -0.2) is 0 Å². The first kappa shape index (κ1) is 14.4. The minimum Gasteiger partial charge on any atom is -0.296 e. The second kappa shape index (κ2) is 5.98. The molecule has 1 amide bonds. The number of nitro groups is 1. The zero-order valence-corrected chi connectivity index (χ0v) is 12.1. The number of allylic oxidation sites excluding steroid dienone is 2. The Kier molecular flexibility index (Phi) is 4.31. The maximum atomic E-state index is 11.7. The smallest absolute Gasteiger partial charge is 0.270 e. The monoisotopic (exact) mass is 306 g/mol. The standard InChI is InChI=1S/C13H10N2O3S2/c1-14-12(16)11(20-13(14)19)7-3-5-9-4-2-6-10(8-9)15(17)18/h2-8H,1H3. The third-order valence-corrected chi connectivity index (χ3v) is 4.11. The van der Waals surface area contributed by atoms with Gasteiger partial charge >= 0.3 is 0 Å². The highest BCUT2D eigenvalue weighted by Gasteiger charge is 2.27. The molecule has 0 aliphatic carbocycles. The first-order chi connectivity index (χ1) is 9.49. The molecule has 0 atom stereocenters. The lowest BCUT2D eigenvalue weighted by Crippen LogP contribution is -2.22. The van der Waals surface area contributed by atoms with E-state index in [0.717, 1.165) is 0 Å². The molecule has 1 fully saturated rings. The lowest BCUT2D eigenvalue weighted by Gasteiger charge is -2.03. The number of carbonyl (C=O) groups is 1. The molecule has 1 aromatic carbocycles. The molecule has 0 aromatic heterocycles. The summed E-state index contributed by atoms with van der Waals surface area (Å²) in [6.45, 7) is 0. The van der Waals surface area contributed by atoms with E-state index in [2.05, 4.69) is 0 Å². The minimum absolute atomic E-state index is 0.0343. The van der Waals surface area contributed by atoms with Gasteiger partial charge in [0, 0.05) is 19.2 Å². The van der Waals surface area contributed by atoms with Crippen molar-refractivity contribution >= 4 is 46.0 Å². The van der Waals surface area contributed by atoms with Crippen LogP contribution < -0.4 is 0 Å². The molecule has 0 bridgehead atoms. The van der Waals surface area contributed by atoms with E-state index in [1.807, 2.05) is 0 Å². The highest BCUT2D eigenvalue weighted by atomic mass is 32.2. The van der Waals surface area contributed by atoms with Crippen molar-refractivity contribution in [2.45, 2.75) is 0 Å². The van der Waals surface area contributed by atoms with Crippen LogP contribution in [0.4, 0.5) is 5.69 Å². The van der Waals surface area contributed by atoms with Gasteiger partial charge in [-0.3, -0.25) is 19.8 Å². The van der Waals surface area contributed by atoms with Gasteiger partial charge in [0.25, 0.3) is 11.6 Å². The summed E-state index contributed by atoms with van der Waals surface area (Å²) in [5, 5.41) is 10.7. The van der Waals surface area contributed by atoms with Crippen LogP contribution in [0, 0.1) is 10.1 Å². The Morgan fingerprint density at radius 1 is 1.45 bits per heavy atom. The van der Waals surface area contributed by atoms with E-state index in [4.69, 9.17) is 12.2 Å². The summed E-state index contributed by atoms with van der Waals surface area (Å²) >= 11 is 6.25. The van der Waals surface area contributed by atoms with Gasteiger partial charge in [-0.05, 0) is 11.6 Å². The van der Waals surface area contributed by atoms with Gasteiger partial charge in [0.1, 0.15) is 4.32 Å². The number of nitrogens with zero attached hydrogens (tertiary/aromatic N) is 2. The molecule has 1 aliphatic rings. The largest absolute Gasteiger partial charge is 0.296 e. The van der Waals surface area contributed by atoms with Crippen molar-refractivity contribution in [3.8, 4) is 0 Å². The van der Waals surface area contributed by atoms with Gasteiger partial charge in [0.2, 0.25) is 0 Å². The number of hydrogen-bond donors (Lipinski definition) is 0. The van der Waals surface area contributed by atoms with Crippen LogP contribution in [-0.2, 0) is 4.79 Å². The van der Waals surface area contributed by atoms with Crippen LogP contribution in [0.1, 0.15) is 5.56 Å². The number of likely N-dealkylation sites (N-methyl/N-ethyl adjacent to an activating group) is 1. The molecule has 102 valence electrons. The molecule has 1 saturated heterocycles. The summed E-state index contributed by atoms with van der Waals surface area (Å²) in [7, 11) is 1.63. The molecule has 0 spiro atoms. The predicted molar refractivity (Wildman–Crippen MR) is 83.2 cm³/mol. The van der Waals surface area contributed by atoms with Crippen LogP contribution in [0.5, 0.6) is 0 Å². The van der Waals surface area contributed by atoms with Crippen molar-refractivity contribution in [3.63, 3.8) is 0 Å². The van der Waals surface area contributed by atoms with Crippen LogP contribution in [0.15, 0.2) is 41.3 Å². The fourth-order valence-corrected chi connectivity index (χ4v) is 2.68. The second-order valence-corrected chi connectivity index (χ2v) is 5.65. The lowest BCUT2D eigenvalue weighted by molar-refractivity contribution is -0.384. The van der Waals surface area contributed by atoms with Gasteiger partial charge in [0.15, 0.2) is 0 Å². The first-order valence-corrected chi connectivity index (χ1v) is 6.84. The number of thiocarbonyl (C=S) groups is 1. The summed E-state index contributed by atoms with van der Waals surface area (Å²) in [5.41, 5.74) is 0.731. The Morgan fingerprint density at radius 3 is 2.80 bits per heavy atom. The molecule has 5 nitrogen and oxygen atoms in total. The first-order valence-electron chi connectivity index (χ1n) is 5.62. The highest BCUT2D eigenvalue weighted by molar-refractivity contribution is 8.26. The average Bonchev–Trinajstić information content (AvgIpc) is 2.67. The van der Waals surface area contributed by atoms with Gasteiger partial charge < -0.3 is 0 Å².